The number of amides is 1. The van der Waals surface area contributed by atoms with E-state index < -0.39 is 5.60 Å². The number of ether oxygens (including phenoxy) is 1. The predicted octanol–water partition coefficient (Wildman–Crippen LogP) is 1.78. The number of likely N-dealkylation sites (tertiary alicyclic amines) is 1. The van der Waals surface area contributed by atoms with Crippen LogP contribution in [-0.4, -0.2) is 71.8 Å². The van der Waals surface area contributed by atoms with Crippen molar-refractivity contribution in [1.29, 1.82) is 0 Å². The van der Waals surface area contributed by atoms with Crippen molar-refractivity contribution in [3.05, 3.63) is 0 Å². The van der Waals surface area contributed by atoms with Gasteiger partial charge in [0, 0.05) is 32.2 Å². The minimum Gasteiger partial charge on any atom is -0.389 e. The van der Waals surface area contributed by atoms with Gasteiger partial charge in [0.05, 0.1) is 25.2 Å². The lowest BCUT2D eigenvalue weighted by Crippen LogP contribution is -2.52. The Morgan fingerprint density at radius 3 is 2.52 bits per heavy atom. The molecule has 3 aliphatic rings. The molecule has 2 saturated heterocycles. The molecule has 2 aliphatic heterocycles. The molecule has 5 heteroatoms. The summed E-state index contributed by atoms with van der Waals surface area (Å²) in [6.07, 6.45) is 8.63. The van der Waals surface area contributed by atoms with E-state index in [1.807, 2.05) is 0 Å². The van der Waals surface area contributed by atoms with E-state index in [4.69, 9.17) is 4.74 Å². The zero-order valence-electron chi connectivity index (χ0n) is 14.3. The Hall–Kier alpha value is -0.650. The monoisotopic (exact) mass is 324 g/mol. The van der Waals surface area contributed by atoms with E-state index in [0.29, 0.717) is 12.5 Å². The molecule has 3 fully saturated rings. The standard InChI is InChI=1S/C18H32N2O3/c21-17(14-18(22)7-3-1-4-8-18)20-9-5-2-6-16(20)15-19-10-12-23-13-11-19/h16,22H,1-15H2. The molecule has 0 aromatic carbocycles. The van der Waals surface area contributed by atoms with Gasteiger partial charge in [-0.2, -0.15) is 0 Å². The smallest absolute Gasteiger partial charge is 0.225 e. The molecule has 1 saturated carbocycles. The molecule has 1 atom stereocenters. The highest BCUT2D eigenvalue weighted by atomic mass is 16.5. The van der Waals surface area contributed by atoms with Crippen LogP contribution in [0.1, 0.15) is 57.8 Å². The molecule has 23 heavy (non-hydrogen) atoms. The minimum absolute atomic E-state index is 0.173. The molecular formula is C18H32N2O3. The lowest BCUT2D eigenvalue weighted by molar-refractivity contribution is -0.142. The number of aliphatic hydroxyl groups is 1. The predicted molar refractivity (Wildman–Crippen MR) is 89.3 cm³/mol. The molecule has 132 valence electrons. The molecule has 2 heterocycles. The molecule has 0 radical (unpaired) electrons. The zero-order chi connectivity index (χ0) is 16.1. The van der Waals surface area contributed by atoms with Crippen LogP contribution in [0.25, 0.3) is 0 Å². The molecule has 1 amide bonds. The first-order valence-corrected chi connectivity index (χ1v) is 9.48. The second-order valence-corrected chi connectivity index (χ2v) is 7.61. The number of rotatable bonds is 4. The van der Waals surface area contributed by atoms with Crippen LogP contribution in [0.15, 0.2) is 0 Å². The summed E-state index contributed by atoms with van der Waals surface area (Å²) < 4.78 is 5.42. The SMILES string of the molecule is O=C(CC1(O)CCCCC1)N1CCCCC1CN1CCOCC1. The van der Waals surface area contributed by atoms with Gasteiger partial charge in [-0.05, 0) is 32.1 Å². The normalized spacial score (nSPS) is 29.4. The summed E-state index contributed by atoms with van der Waals surface area (Å²) in [7, 11) is 0. The van der Waals surface area contributed by atoms with Crippen molar-refractivity contribution < 1.29 is 14.6 Å². The average Bonchev–Trinajstić information content (AvgIpc) is 2.56. The quantitative estimate of drug-likeness (QED) is 0.856. The van der Waals surface area contributed by atoms with E-state index in [9.17, 15) is 9.90 Å². The maximum atomic E-state index is 12.8. The van der Waals surface area contributed by atoms with Crippen molar-refractivity contribution in [2.24, 2.45) is 0 Å². The number of morpholine rings is 1. The highest BCUT2D eigenvalue weighted by Crippen LogP contribution is 2.32. The number of carbonyl (C=O) groups excluding carboxylic acids is 1. The fourth-order valence-corrected chi connectivity index (χ4v) is 4.37. The molecule has 0 spiro atoms. The fraction of sp³-hybridized carbons (Fsp3) is 0.944. The summed E-state index contributed by atoms with van der Waals surface area (Å²) in [5.41, 5.74) is -0.740. The largest absolute Gasteiger partial charge is 0.389 e. The molecule has 5 nitrogen and oxygen atoms in total. The van der Waals surface area contributed by atoms with E-state index in [-0.39, 0.29) is 5.91 Å². The Kier molecular flexibility index (Phi) is 5.94. The molecule has 0 bridgehead atoms. The summed E-state index contributed by atoms with van der Waals surface area (Å²) in [5.74, 6) is 0.173. The number of hydrogen-bond donors (Lipinski definition) is 1. The van der Waals surface area contributed by atoms with Crippen LogP contribution < -0.4 is 0 Å². The second-order valence-electron chi connectivity index (χ2n) is 7.61. The maximum absolute atomic E-state index is 12.8. The van der Waals surface area contributed by atoms with E-state index in [1.165, 1.54) is 12.8 Å². The van der Waals surface area contributed by atoms with Crippen LogP contribution in [0.3, 0.4) is 0 Å². The van der Waals surface area contributed by atoms with E-state index >= 15 is 0 Å². The summed E-state index contributed by atoms with van der Waals surface area (Å²) in [6, 6.07) is 0.321. The molecule has 1 N–H and O–H groups in total. The molecule has 1 unspecified atom stereocenters. The summed E-state index contributed by atoms with van der Waals surface area (Å²) in [5, 5.41) is 10.7. The van der Waals surface area contributed by atoms with Crippen molar-refractivity contribution in [2.75, 3.05) is 39.4 Å². The van der Waals surface area contributed by atoms with Crippen LogP contribution in [-0.2, 0) is 9.53 Å². The Balaban J connectivity index is 1.57. The van der Waals surface area contributed by atoms with Crippen LogP contribution in [0, 0.1) is 0 Å². The van der Waals surface area contributed by atoms with Crippen molar-refractivity contribution in [3.63, 3.8) is 0 Å². The fourth-order valence-electron chi connectivity index (χ4n) is 4.37. The van der Waals surface area contributed by atoms with Crippen LogP contribution in [0.2, 0.25) is 0 Å². The van der Waals surface area contributed by atoms with Gasteiger partial charge in [-0.25, -0.2) is 0 Å². The Labute approximate surface area is 140 Å². The van der Waals surface area contributed by atoms with Crippen molar-refractivity contribution in [1.82, 2.24) is 9.80 Å². The van der Waals surface area contributed by atoms with Crippen LogP contribution in [0.4, 0.5) is 0 Å². The topological polar surface area (TPSA) is 53.0 Å². The molecule has 3 rings (SSSR count). The lowest BCUT2D eigenvalue weighted by Gasteiger charge is -2.41. The summed E-state index contributed by atoms with van der Waals surface area (Å²) in [6.45, 7) is 5.39. The van der Waals surface area contributed by atoms with Gasteiger partial charge in [-0.3, -0.25) is 9.69 Å². The van der Waals surface area contributed by atoms with Gasteiger partial charge < -0.3 is 14.7 Å². The third-order valence-corrected chi connectivity index (χ3v) is 5.78. The van der Waals surface area contributed by atoms with Gasteiger partial charge in [0.1, 0.15) is 0 Å². The number of carbonyl (C=O) groups is 1. The third kappa shape index (κ3) is 4.68. The minimum atomic E-state index is -0.740. The van der Waals surface area contributed by atoms with Gasteiger partial charge in [0.15, 0.2) is 0 Å². The van der Waals surface area contributed by atoms with Gasteiger partial charge in [-0.1, -0.05) is 19.3 Å². The molecule has 0 aromatic rings. The molecular weight excluding hydrogens is 292 g/mol. The van der Waals surface area contributed by atoms with E-state index in [2.05, 4.69) is 9.80 Å². The second kappa shape index (κ2) is 7.95. The molecule has 0 aromatic heterocycles. The zero-order valence-corrected chi connectivity index (χ0v) is 14.3. The van der Waals surface area contributed by atoms with Crippen molar-refractivity contribution >= 4 is 5.91 Å². The van der Waals surface area contributed by atoms with E-state index in [0.717, 1.165) is 77.9 Å². The Morgan fingerprint density at radius 1 is 1.04 bits per heavy atom. The molecule has 1 aliphatic carbocycles. The van der Waals surface area contributed by atoms with Crippen LogP contribution in [0.5, 0.6) is 0 Å². The first kappa shape index (κ1) is 17.2. The first-order chi connectivity index (χ1) is 11.2. The van der Waals surface area contributed by atoms with Gasteiger partial charge >= 0.3 is 0 Å². The van der Waals surface area contributed by atoms with E-state index in [1.54, 1.807) is 0 Å². The first-order valence-electron chi connectivity index (χ1n) is 9.48. The highest BCUT2D eigenvalue weighted by Gasteiger charge is 2.36. The van der Waals surface area contributed by atoms with Gasteiger partial charge in [0.2, 0.25) is 5.91 Å². The maximum Gasteiger partial charge on any atom is 0.225 e. The summed E-state index contributed by atoms with van der Waals surface area (Å²) >= 11 is 0. The van der Waals surface area contributed by atoms with Gasteiger partial charge in [0.25, 0.3) is 0 Å². The van der Waals surface area contributed by atoms with Gasteiger partial charge in [-0.15, -0.1) is 0 Å². The Bertz CT molecular complexity index is 390. The summed E-state index contributed by atoms with van der Waals surface area (Å²) in [4.78, 5) is 17.3. The van der Waals surface area contributed by atoms with Crippen LogP contribution >= 0.6 is 0 Å². The lowest BCUT2D eigenvalue weighted by atomic mass is 9.82. The third-order valence-electron chi connectivity index (χ3n) is 5.78. The highest BCUT2D eigenvalue weighted by molar-refractivity contribution is 5.77. The van der Waals surface area contributed by atoms with Crippen molar-refractivity contribution in [3.8, 4) is 0 Å². The number of nitrogens with zero attached hydrogens (tertiary/aromatic N) is 2. The van der Waals surface area contributed by atoms with Crippen molar-refractivity contribution in [2.45, 2.75) is 69.4 Å². The average molecular weight is 324 g/mol. The number of hydrogen-bond acceptors (Lipinski definition) is 4. The Morgan fingerprint density at radius 2 is 1.78 bits per heavy atom. The number of piperidine rings is 1.